The minimum Gasteiger partial charge on any atom is -0.353 e. The van der Waals surface area contributed by atoms with Crippen molar-refractivity contribution in [1.29, 1.82) is 0 Å². The Hall–Kier alpha value is -1.36. The van der Waals surface area contributed by atoms with Crippen LogP contribution < -0.4 is 10.6 Å². The average molecular weight is 222 g/mol. The van der Waals surface area contributed by atoms with Crippen molar-refractivity contribution < 1.29 is 4.79 Å². The van der Waals surface area contributed by atoms with Crippen LogP contribution in [0.3, 0.4) is 0 Å². The highest BCUT2D eigenvalue weighted by Crippen LogP contribution is 2.06. The number of carbonyl (C=O) groups excluding carboxylic acids is 1. The quantitative estimate of drug-likeness (QED) is 0.762. The third-order valence-corrected chi connectivity index (χ3v) is 2.86. The molecule has 2 heterocycles. The minimum absolute atomic E-state index is 0.0107. The summed E-state index contributed by atoms with van der Waals surface area (Å²) in [6, 6.07) is 0.0107. The lowest BCUT2D eigenvalue weighted by molar-refractivity contribution is -0.123. The van der Waals surface area contributed by atoms with Gasteiger partial charge in [0.15, 0.2) is 0 Å². The molecule has 5 heteroatoms. The van der Waals surface area contributed by atoms with Gasteiger partial charge in [0.05, 0.1) is 12.4 Å². The highest BCUT2D eigenvalue weighted by atomic mass is 16.2. The summed E-state index contributed by atoms with van der Waals surface area (Å²) in [5.41, 5.74) is 0. The smallest absolute Gasteiger partial charge is 0.237 e. The summed E-state index contributed by atoms with van der Waals surface area (Å²) in [6.45, 7) is 2.39. The van der Waals surface area contributed by atoms with Crippen molar-refractivity contribution in [3.8, 4) is 0 Å². The number of hydrogen-bond acceptors (Lipinski definition) is 3. The average Bonchev–Trinajstić information content (AvgIpc) is 2.83. The van der Waals surface area contributed by atoms with Crippen LogP contribution in [0.15, 0.2) is 18.7 Å². The monoisotopic (exact) mass is 222 g/mol. The summed E-state index contributed by atoms with van der Waals surface area (Å²) in [6.07, 6.45) is 8.67. The van der Waals surface area contributed by atoms with Crippen LogP contribution in [-0.4, -0.2) is 34.6 Å². The van der Waals surface area contributed by atoms with E-state index in [1.165, 1.54) is 6.42 Å². The largest absolute Gasteiger partial charge is 0.353 e. The van der Waals surface area contributed by atoms with Gasteiger partial charge in [0.25, 0.3) is 0 Å². The first kappa shape index (κ1) is 11.1. The number of rotatable bonds is 4. The first-order chi connectivity index (χ1) is 7.86. The summed E-state index contributed by atoms with van der Waals surface area (Å²) in [5.74, 6) is 0.125. The second-order valence-electron chi connectivity index (χ2n) is 4.09. The van der Waals surface area contributed by atoms with Gasteiger partial charge in [-0.25, -0.2) is 4.98 Å². The number of nitrogens with one attached hydrogen (secondary N) is 2. The second-order valence-corrected chi connectivity index (χ2v) is 4.09. The molecule has 1 aliphatic rings. The molecule has 1 aliphatic heterocycles. The molecule has 0 radical (unpaired) electrons. The number of imidazole rings is 1. The lowest BCUT2D eigenvalue weighted by Gasteiger charge is -2.22. The van der Waals surface area contributed by atoms with Gasteiger partial charge in [0, 0.05) is 25.5 Å². The molecule has 1 amide bonds. The van der Waals surface area contributed by atoms with Crippen molar-refractivity contribution in [2.24, 2.45) is 0 Å². The number of aromatic nitrogens is 2. The van der Waals surface area contributed by atoms with E-state index >= 15 is 0 Å². The van der Waals surface area contributed by atoms with E-state index in [-0.39, 0.29) is 11.9 Å². The van der Waals surface area contributed by atoms with Gasteiger partial charge in [-0.3, -0.25) is 4.79 Å². The zero-order valence-corrected chi connectivity index (χ0v) is 9.35. The Morgan fingerprint density at radius 2 is 2.50 bits per heavy atom. The van der Waals surface area contributed by atoms with Crippen molar-refractivity contribution in [2.45, 2.75) is 31.8 Å². The molecule has 0 spiro atoms. The Balaban J connectivity index is 1.67. The van der Waals surface area contributed by atoms with E-state index in [1.54, 1.807) is 12.5 Å². The minimum atomic E-state index is 0.0107. The van der Waals surface area contributed by atoms with Crippen LogP contribution in [0.4, 0.5) is 0 Å². The maximum absolute atomic E-state index is 11.7. The predicted octanol–water partition coefficient (Wildman–Crippen LogP) is 0.141. The summed E-state index contributed by atoms with van der Waals surface area (Å²) in [7, 11) is 0. The molecule has 2 N–H and O–H groups in total. The predicted molar refractivity (Wildman–Crippen MR) is 60.9 cm³/mol. The van der Waals surface area contributed by atoms with Gasteiger partial charge in [0.2, 0.25) is 5.91 Å². The number of hydrogen-bond donors (Lipinski definition) is 2. The lowest BCUT2D eigenvalue weighted by Crippen LogP contribution is -2.47. The second kappa shape index (κ2) is 5.65. The Morgan fingerprint density at radius 1 is 1.56 bits per heavy atom. The molecular formula is C11H18N4O. The first-order valence-corrected chi connectivity index (χ1v) is 5.83. The van der Waals surface area contributed by atoms with Gasteiger partial charge in [0.1, 0.15) is 0 Å². The standard InChI is InChI=1S/C11H18N4O/c16-11(10-3-1-2-4-13-10)14-6-8-15-7-5-12-9-15/h5,7,9-10,13H,1-4,6,8H2,(H,14,16). The van der Waals surface area contributed by atoms with Crippen LogP contribution in [0, 0.1) is 0 Å². The van der Waals surface area contributed by atoms with Crippen LogP contribution in [0.2, 0.25) is 0 Å². The normalized spacial score (nSPS) is 20.6. The topological polar surface area (TPSA) is 59.0 Å². The zero-order valence-electron chi connectivity index (χ0n) is 9.35. The van der Waals surface area contributed by atoms with E-state index in [4.69, 9.17) is 0 Å². The van der Waals surface area contributed by atoms with Crippen molar-refractivity contribution in [1.82, 2.24) is 20.2 Å². The fourth-order valence-electron chi connectivity index (χ4n) is 1.93. The van der Waals surface area contributed by atoms with Gasteiger partial charge in [-0.15, -0.1) is 0 Å². The molecule has 5 nitrogen and oxygen atoms in total. The Bertz CT molecular complexity index is 317. The van der Waals surface area contributed by atoms with Gasteiger partial charge in [-0.2, -0.15) is 0 Å². The molecule has 1 aromatic rings. The van der Waals surface area contributed by atoms with E-state index in [9.17, 15) is 4.79 Å². The summed E-state index contributed by atoms with van der Waals surface area (Å²) in [5, 5.41) is 6.17. The van der Waals surface area contributed by atoms with Crippen molar-refractivity contribution in [3.63, 3.8) is 0 Å². The summed E-state index contributed by atoms with van der Waals surface area (Å²) < 4.78 is 1.95. The van der Waals surface area contributed by atoms with E-state index in [2.05, 4.69) is 15.6 Å². The molecular weight excluding hydrogens is 204 g/mol. The fourth-order valence-corrected chi connectivity index (χ4v) is 1.93. The summed E-state index contributed by atoms with van der Waals surface area (Å²) in [4.78, 5) is 15.7. The molecule has 88 valence electrons. The number of amides is 1. The van der Waals surface area contributed by atoms with Crippen LogP contribution in [0.25, 0.3) is 0 Å². The number of piperidine rings is 1. The van der Waals surface area contributed by atoms with E-state index in [1.807, 2.05) is 10.8 Å². The molecule has 1 unspecified atom stereocenters. The van der Waals surface area contributed by atoms with Crippen LogP contribution in [-0.2, 0) is 11.3 Å². The third-order valence-electron chi connectivity index (χ3n) is 2.86. The molecule has 1 saturated heterocycles. The lowest BCUT2D eigenvalue weighted by atomic mass is 10.0. The molecule has 0 bridgehead atoms. The molecule has 0 aliphatic carbocycles. The number of nitrogens with zero attached hydrogens (tertiary/aromatic N) is 2. The van der Waals surface area contributed by atoms with Crippen molar-refractivity contribution >= 4 is 5.91 Å². The van der Waals surface area contributed by atoms with Gasteiger partial charge in [-0.1, -0.05) is 6.42 Å². The van der Waals surface area contributed by atoms with Crippen LogP contribution in [0.5, 0.6) is 0 Å². The number of carbonyl (C=O) groups is 1. The highest BCUT2D eigenvalue weighted by Gasteiger charge is 2.19. The van der Waals surface area contributed by atoms with Gasteiger partial charge in [-0.05, 0) is 19.4 Å². The molecule has 0 aromatic carbocycles. The Morgan fingerprint density at radius 3 is 3.19 bits per heavy atom. The molecule has 2 rings (SSSR count). The first-order valence-electron chi connectivity index (χ1n) is 5.83. The SMILES string of the molecule is O=C(NCCn1ccnc1)C1CCCCN1. The van der Waals surface area contributed by atoms with E-state index < -0.39 is 0 Å². The van der Waals surface area contributed by atoms with Crippen LogP contribution in [0.1, 0.15) is 19.3 Å². The summed E-state index contributed by atoms with van der Waals surface area (Å²) >= 11 is 0. The molecule has 1 aromatic heterocycles. The Labute approximate surface area is 95.2 Å². The highest BCUT2D eigenvalue weighted by molar-refractivity contribution is 5.81. The maximum atomic E-state index is 11.7. The van der Waals surface area contributed by atoms with Crippen LogP contribution >= 0.6 is 0 Å². The molecule has 1 fully saturated rings. The van der Waals surface area contributed by atoms with Crippen molar-refractivity contribution in [2.75, 3.05) is 13.1 Å². The van der Waals surface area contributed by atoms with Gasteiger partial charge < -0.3 is 15.2 Å². The van der Waals surface area contributed by atoms with E-state index in [0.717, 1.165) is 25.9 Å². The fraction of sp³-hybridized carbons (Fsp3) is 0.636. The zero-order chi connectivity index (χ0) is 11.2. The maximum Gasteiger partial charge on any atom is 0.237 e. The third kappa shape index (κ3) is 3.06. The Kier molecular flexibility index (Phi) is 3.93. The molecule has 0 saturated carbocycles. The van der Waals surface area contributed by atoms with Crippen molar-refractivity contribution in [3.05, 3.63) is 18.7 Å². The molecule has 1 atom stereocenters. The van der Waals surface area contributed by atoms with Gasteiger partial charge >= 0.3 is 0 Å². The molecule has 16 heavy (non-hydrogen) atoms. The van der Waals surface area contributed by atoms with E-state index in [0.29, 0.717) is 6.54 Å².